The van der Waals surface area contributed by atoms with Crippen LogP contribution in [0.5, 0.6) is 5.75 Å². The van der Waals surface area contributed by atoms with E-state index in [-0.39, 0.29) is 5.60 Å². The van der Waals surface area contributed by atoms with Crippen LogP contribution in [0.2, 0.25) is 0 Å². The molecule has 0 aromatic heterocycles. The zero-order valence-corrected chi connectivity index (χ0v) is 12.1. The van der Waals surface area contributed by atoms with Crippen LogP contribution < -0.4 is 4.74 Å². The summed E-state index contributed by atoms with van der Waals surface area (Å²) in [6.45, 7) is 10.0. The highest BCUT2D eigenvalue weighted by molar-refractivity contribution is 5.33. The third kappa shape index (κ3) is 6.03. The number of aryl methyl sites for hydroxylation is 1. The van der Waals surface area contributed by atoms with Crippen molar-refractivity contribution in [1.29, 1.82) is 0 Å². The number of methoxy groups -OCH3 is 1. The van der Waals surface area contributed by atoms with Crippen molar-refractivity contribution in [1.82, 2.24) is 0 Å². The molecule has 0 aliphatic carbocycles. The third-order valence-corrected chi connectivity index (χ3v) is 2.24. The van der Waals surface area contributed by atoms with Crippen molar-refractivity contribution in [2.75, 3.05) is 20.3 Å². The molecule has 0 unspecified atom stereocenters. The van der Waals surface area contributed by atoms with Crippen molar-refractivity contribution in [2.24, 2.45) is 0 Å². The second-order valence-corrected chi connectivity index (χ2v) is 5.41. The monoisotopic (exact) mass is 252 g/mol. The third-order valence-electron chi connectivity index (χ3n) is 2.24. The predicted molar refractivity (Wildman–Crippen MR) is 73.1 cm³/mol. The van der Waals surface area contributed by atoms with E-state index in [0.717, 1.165) is 11.3 Å². The van der Waals surface area contributed by atoms with E-state index in [1.807, 2.05) is 32.9 Å². The molecule has 0 saturated heterocycles. The number of benzene rings is 1. The maximum Gasteiger partial charge on any atom is 0.120 e. The van der Waals surface area contributed by atoms with Gasteiger partial charge in [0.05, 0.1) is 19.8 Å². The lowest BCUT2D eigenvalue weighted by Crippen LogP contribution is -2.23. The van der Waals surface area contributed by atoms with Crippen molar-refractivity contribution in [2.45, 2.75) is 39.9 Å². The topological polar surface area (TPSA) is 27.7 Å². The number of hydrogen-bond acceptors (Lipinski definition) is 3. The maximum absolute atomic E-state index is 5.87. The Morgan fingerprint density at radius 2 is 1.78 bits per heavy atom. The van der Waals surface area contributed by atoms with Gasteiger partial charge in [-0.1, -0.05) is 6.07 Å². The van der Waals surface area contributed by atoms with E-state index in [2.05, 4.69) is 13.0 Å². The lowest BCUT2D eigenvalue weighted by molar-refractivity contribution is 0.0613. The van der Waals surface area contributed by atoms with E-state index in [0.29, 0.717) is 19.8 Å². The van der Waals surface area contributed by atoms with Gasteiger partial charge in [0.1, 0.15) is 11.4 Å². The van der Waals surface area contributed by atoms with Gasteiger partial charge in [-0.15, -0.1) is 0 Å². The van der Waals surface area contributed by atoms with Crippen molar-refractivity contribution >= 4 is 0 Å². The summed E-state index contributed by atoms with van der Waals surface area (Å²) in [7, 11) is 1.67. The van der Waals surface area contributed by atoms with Gasteiger partial charge in [0.25, 0.3) is 0 Å². The summed E-state index contributed by atoms with van der Waals surface area (Å²) < 4.78 is 16.3. The van der Waals surface area contributed by atoms with Crippen LogP contribution in [0.3, 0.4) is 0 Å². The largest absolute Gasteiger partial charge is 0.488 e. The van der Waals surface area contributed by atoms with Gasteiger partial charge >= 0.3 is 0 Å². The summed E-state index contributed by atoms with van der Waals surface area (Å²) >= 11 is 0. The number of rotatable bonds is 6. The molecule has 0 atom stereocenters. The first-order valence-corrected chi connectivity index (χ1v) is 6.27. The highest BCUT2D eigenvalue weighted by Crippen LogP contribution is 2.22. The molecule has 1 rings (SSSR count). The van der Waals surface area contributed by atoms with Crippen molar-refractivity contribution in [3.8, 4) is 5.75 Å². The summed E-state index contributed by atoms with van der Waals surface area (Å²) in [6, 6.07) is 6.19. The van der Waals surface area contributed by atoms with Crippen LogP contribution in [-0.2, 0) is 16.1 Å². The molecule has 1 aromatic carbocycles. The Morgan fingerprint density at radius 3 is 2.39 bits per heavy atom. The molecule has 0 amide bonds. The quantitative estimate of drug-likeness (QED) is 0.727. The molecular formula is C15H24O3. The van der Waals surface area contributed by atoms with Gasteiger partial charge in [-0.2, -0.15) is 0 Å². The van der Waals surface area contributed by atoms with Gasteiger partial charge in [-0.05, 0) is 51.0 Å². The Hall–Kier alpha value is -1.06. The van der Waals surface area contributed by atoms with Gasteiger partial charge in [-0.25, -0.2) is 0 Å². The molecule has 0 aliphatic heterocycles. The average molecular weight is 252 g/mol. The lowest BCUT2D eigenvalue weighted by Gasteiger charge is -2.22. The van der Waals surface area contributed by atoms with Crippen LogP contribution in [-0.4, -0.2) is 25.9 Å². The van der Waals surface area contributed by atoms with Crippen LogP contribution in [0.15, 0.2) is 18.2 Å². The molecule has 0 bridgehead atoms. The maximum atomic E-state index is 5.87. The van der Waals surface area contributed by atoms with E-state index in [4.69, 9.17) is 14.2 Å². The van der Waals surface area contributed by atoms with Crippen LogP contribution in [0.25, 0.3) is 0 Å². The molecule has 0 saturated carbocycles. The van der Waals surface area contributed by atoms with Gasteiger partial charge in [0.2, 0.25) is 0 Å². The van der Waals surface area contributed by atoms with Gasteiger partial charge in [-0.3, -0.25) is 0 Å². The minimum Gasteiger partial charge on any atom is -0.488 e. The molecule has 0 fully saturated rings. The SMILES string of the molecule is COCCOCc1cc(C)cc(OC(C)(C)C)c1. The van der Waals surface area contributed by atoms with Crippen LogP contribution in [0, 0.1) is 6.92 Å². The second kappa shape index (κ2) is 6.76. The van der Waals surface area contributed by atoms with Crippen molar-refractivity contribution < 1.29 is 14.2 Å². The zero-order chi connectivity index (χ0) is 13.6. The fraction of sp³-hybridized carbons (Fsp3) is 0.600. The van der Waals surface area contributed by atoms with E-state index in [1.165, 1.54) is 5.56 Å². The highest BCUT2D eigenvalue weighted by Gasteiger charge is 2.12. The van der Waals surface area contributed by atoms with Crippen molar-refractivity contribution in [3.05, 3.63) is 29.3 Å². The first-order chi connectivity index (χ1) is 8.40. The summed E-state index contributed by atoms with van der Waals surface area (Å²) in [5.74, 6) is 0.896. The molecule has 0 radical (unpaired) electrons. The van der Waals surface area contributed by atoms with Gasteiger partial charge < -0.3 is 14.2 Å². The summed E-state index contributed by atoms with van der Waals surface area (Å²) in [6.07, 6.45) is 0. The standard InChI is InChI=1S/C15H24O3/c1-12-8-13(11-17-7-6-16-5)10-14(9-12)18-15(2,3)4/h8-10H,6-7,11H2,1-5H3. The summed E-state index contributed by atoms with van der Waals surface area (Å²) in [4.78, 5) is 0. The number of hydrogen-bond donors (Lipinski definition) is 0. The number of ether oxygens (including phenoxy) is 3. The normalized spacial score (nSPS) is 11.6. The Kier molecular flexibility index (Phi) is 5.63. The molecule has 0 spiro atoms. The fourth-order valence-corrected chi connectivity index (χ4v) is 1.65. The minimum atomic E-state index is -0.179. The molecule has 18 heavy (non-hydrogen) atoms. The average Bonchev–Trinajstić information content (AvgIpc) is 2.21. The molecule has 3 nitrogen and oxygen atoms in total. The van der Waals surface area contributed by atoms with Crippen LogP contribution in [0.4, 0.5) is 0 Å². The predicted octanol–water partition coefficient (Wildman–Crippen LogP) is 3.34. The summed E-state index contributed by atoms with van der Waals surface area (Å²) in [5, 5.41) is 0. The van der Waals surface area contributed by atoms with E-state index >= 15 is 0 Å². The molecule has 0 N–H and O–H groups in total. The summed E-state index contributed by atoms with van der Waals surface area (Å²) in [5.41, 5.74) is 2.13. The second-order valence-electron chi connectivity index (χ2n) is 5.41. The van der Waals surface area contributed by atoms with E-state index in [1.54, 1.807) is 7.11 Å². The highest BCUT2D eigenvalue weighted by atomic mass is 16.5. The molecule has 1 aromatic rings. The first-order valence-electron chi connectivity index (χ1n) is 6.27. The van der Waals surface area contributed by atoms with Gasteiger partial charge in [0, 0.05) is 7.11 Å². The minimum absolute atomic E-state index is 0.179. The Balaban J connectivity index is 2.63. The molecule has 102 valence electrons. The molecule has 3 heteroatoms. The van der Waals surface area contributed by atoms with E-state index < -0.39 is 0 Å². The van der Waals surface area contributed by atoms with Gasteiger partial charge in [0.15, 0.2) is 0 Å². The Bertz CT molecular complexity index is 366. The first kappa shape index (κ1) is 15.0. The fourth-order valence-electron chi connectivity index (χ4n) is 1.65. The lowest BCUT2D eigenvalue weighted by atomic mass is 10.1. The zero-order valence-electron chi connectivity index (χ0n) is 12.1. The van der Waals surface area contributed by atoms with Crippen LogP contribution >= 0.6 is 0 Å². The van der Waals surface area contributed by atoms with Crippen molar-refractivity contribution in [3.63, 3.8) is 0 Å². The smallest absolute Gasteiger partial charge is 0.120 e. The molecular weight excluding hydrogens is 228 g/mol. The van der Waals surface area contributed by atoms with E-state index in [9.17, 15) is 0 Å². The Morgan fingerprint density at radius 1 is 1.06 bits per heavy atom. The molecule has 0 heterocycles. The van der Waals surface area contributed by atoms with Crippen LogP contribution in [0.1, 0.15) is 31.9 Å². The Labute approximate surface area is 110 Å². The molecule has 0 aliphatic rings.